The second-order valence-electron chi connectivity index (χ2n) is 12.0. The molecule has 4 amide bonds. The van der Waals surface area contributed by atoms with E-state index in [1.54, 1.807) is 28.4 Å². The maximum atomic E-state index is 11.0. The van der Waals surface area contributed by atoms with Gasteiger partial charge in [-0.25, -0.2) is 0 Å². The van der Waals surface area contributed by atoms with E-state index < -0.39 is 0 Å². The lowest BCUT2D eigenvalue weighted by molar-refractivity contribution is -0.119. The molecule has 4 N–H and O–H groups in total. The number of nitrogens with one attached hydrogen (secondary N) is 4. The van der Waals surface area contributed by atoms with Crippen molar-refractivity contribution in [2.24, 2.45) is 0 Å². The number of unbranched alkanes of at least 4 members (excludes halogenated alkanes) is 3. The third-order valence-corrected chi connectivity index (χ3v) is 6.91. The van der Waals surface area contributed by atoms with Crippen molar-refractivity contribution in [3.05, 3.63) is 95.1 Å². The highest BCUT2D eigenvalue weighted by atomic mass is 16.5. The lowest BCUT2D eigenvalue weighted by atomic mass is 10.0. The Morgan fingerprint density at radius 3 is 1.15 bits per heavy atom. The molecule has 0 atom stereocenters. The highest BCUT2D eigenvalue weighted by Gasteiger charge is 2.01. The predicted molar refractivity (Wildman–Crippen MR) is 212 cm³/mol. The largest absolute Gasteiger partial charge is 0.382 e. The zero-order chi connectivity index (χ0) is 39.7. The standard InChI is InChI=1S/C17H18N2O2.C10H20N2O2.C10H14O2.C4H10O2/c1-12(20)18-16-7-3-14(4-8-16)11-15-5-9-17(10-6-15)19-13(2)21;1-9(13)11-7-5-3-4-6-8-12-10(2)14;1-11-7-9-4-3-5-10(6-9)8-12-2;1-5-3-4-6-2/h3-10H,11H2,1-2H3,(H,18,20)(H,19,21);3-8H2,1-2H3,(H,11,13)(H,12,14);3-6H,7-8H2,1-2H3;3-4H2,1-2H3. The summed E-state index contributed by atoms with van der Waals surface area (Å²) in [6.07, 6.45) is 5.03. The van der Waals surface area contributed by atoms with Crippen molar-refractivity contribution in [2.75, 3.05) is 65.4 Å². The number of carbonyl (C=O) groups excluding carboxylic acids is 4. The smallest absolute Gasteiger partial charge is 0.221 e. The molecule has 3 aromatic carbocycles. The van der Waals surface area contributed by atoms with Gasteiger partial charge in [-0.1, -0.05) is 61.4 Å². The van der Waals surface area contributed by atoms with Crippen molar-refractivity contribution in [1.82, 2.24) is 10.6 Å². The molecule has 0 aromatic heterocycles. The predicted octanol–water partition coefficient (Wildman–Crippen LogP) is 6.27. The van der Waals surface area contributed by atoms with Crippen molar-refractivity contribution in [3.8, 4) is 0 Å². The van der Waals surface area contributed by atoms with E-state index in [0.717, 1.165) is 67.7 Å². The van der Waals surface area contributed by atoms with Crippen molar-refractivity contribution in [2.45, 2.75) is 73.0 Å². The van der Waals surface area contributed by atoms with Gasteiger partial charge >= 0.3 is 0 Å². The molecule has 3 rings (SSSR count). The molecule has 0 bridgehead atoms. The second-order valence-corrected chi connectivity index (χ2v) is 12.0. The topological polar surface area (TPSA) is 153 Å². The number of amides is 4. The summed E-state index contributed by atoms with van der Waals surface area (Å²) in [6.45, 7) is 10.3. The van der Waals surface area contributed by atoms with Gasteiger partial charge in [-0.05, 0) is 65.8 Å². The van der Waals surface area contributed by atoms with Crippen molar-refractivity contribution >= 4 is 35.0 Å². The highest BCUT2D eigenvalue weighted by molar-refractivity contribution is 5.89. The maximum Gasteiger partial charge on any atom is 0.221 e. The second kappa shape index (κ2) is 32.1. The lowest BCUT2D eigenvalue weighted by Gasteiger charge is -2.06. The molecule has 0 radical (unpaired) electrons. The molecule has 294 valence electrons. The molecule has 0 spiro atoms. The average molecular weight is 739 g/mol. The third kappa shape index (κ3) is 29.6. The summed E-state index contributed by atoms with van der Waals surface area (Å²) < 4.78 is 19.4. The van der Waals surface area contributed by atoms with Crippen LogP contribution in [0.5, 0.6) is 0 Å². The van der Waals surface area contributed by atoms with E-state index in [-0.39, 0.29) is 23.6 Å². The van der Waals surface area contributed by atoms with Crippen molar-refractivity contribution < 1.29 is 38.1 Å². The first-order valence-electron chi connectivity index (χ1n) is 17.7. The van der Waals surface area contributed by atoms with Gasteiger partial charge in [0.2, 0.25) is 23.6 Å². The monoisotopic (exact) mass is 738 g/mol. The minimum absolute atomic E-state index is 0.0308. The van der Waals surface area contributed by atoms with Crippen LogP contribution < -0.4 is 21.3 Å². The quantitative estimate of drug-likeness (QED) is 0.111. The molecule has 0 aliphatic carbocycles. The Kier molecular flexibility index (Phi) is 29.3. The first-order chi connectivity index (χ1) is 25.4. The number of benzene rings is 3. The van der Waals surface area contributed by atoms with E-state index in [9.17, 15) is 19.2 Å². The van der Waals surface area contributed by atoms with E-state index in [2.05, 4.69) is 36.8 Å². The Hall–Kier alpha value is -4.62. The summed E-state index contributed by atoms with van der Waals surface area (Å²) in [5, 5.41) is 11.0. The maximum absolute atomic E-state index is 11.0. The molecule has 0 heterocycles. The number of hydrogen-bond acceptors (Lipinski definition) is 8. The molecule has 0 fully saturated rings. The number of anilines is 2. The summed E-state index contributed by atoms with van der Waals surface area (Å²) in [7, 11) is 6.70. The van der Waals surface area contributed by atoms with Crippen LogP contribution in [0.1, 0.15) is 75.6 Å². The Labute approximate surface area is 316 Å². The van der Waals surface area contributed by atoms with E-state index in [0.29, 0.717) is 26.4 Å². The molecular weight excluding hydrogens is 676 g/mol. The molecule has 0 saturated heterocycles. The van der Waals surface area contributed by atoms with E-state index >= 15 is 0 Å². The SMILES string of the molecule is CC(=O)NCCCCCCNC(C)=O.CC(=O)Nc1ccc(Cc2ccc(NC(C)=O)cc2)cc1.COCCOC.COCc1cccc(COC)c1. The number of rotatable bonds is 18. The van der Waals surface area contributed by atoms with Crippen LogP contribution in [-0.4, -0.2) is 78.4 Å². The first kappa shape index (κ1) is 48.4. The molecular formula is C41H62N4O8. The van der Waals surface area contributed by atoms with Gasteiger partial charge < -0.3 is 40.2 Å². The van der Waals surface area contributed by atoms with Crippen LogP contribution in [0.2, 0.25) is 0 Å². The summed E-state index contributed by atoms with van der Waals surface area (Å²) in [6, 6.07) is 23.7. The number of hydrogen-bond donors (Lipinski definition) is 4. The van der Waals surface area contributed by atoms with Crippen LogP contribution in [0, 0.1) is 0 Å². The van der Waals surface area contributed by atoms with E-state index in [4.69, 9.17) is 9.47 Å². The third-order valence-electron chi connectivity index (χ3n) is 6.91. The summed E-state index contributed by atoms with van der Waals surface area (Å²) >= 11 is 0. The molecule has 53 heavy (non-hydrogen) atoms. The van der Waals surface area contributed by atoms with Gasteiger partial charge in [-0.3, -0.25) is 19.2 Å². The minimum atomic E-state index is -0.0729. The zero-order valence-corrected chi connectivity index (χ0v) is 33.0. The van der Waals surface area contributed by atoms with Crippen LogP contribution in [0.4, 0.5) is 11.4 Å². The van der Waals surface area contributed by atoms with Crippen LogP contribution in [-0.2, 0) is 57.8 Å². The Morgan fingerprint density at radius 1 is 0.472 bits per heavy atom. The number of carbonyl (C=O) groups is 4. The molecule has 12 heteroatoms. The molecule has 0 aliphatic heterocycles. The van der Waals surface area contributed by atoms with Gasteiger partial charge in [0.25, 0.3) is 0 Å². The normalized spacial score (nSPS) is 9.81. The molecule has 3 aromatic rings. The fourth-order valence-electron chi connectivity index (χ4n) is 4.50. The van der Waals surface area contributed by atoms with Crippen LogP contribution in [0.25, 0.3) is 0 Å². The van der Waals surface area contributed by atoms with Gasteiger partial charge in [0.05, 0.1) is 26.4 Å². The van der Waals surface area contributed by atoms with Crippen LogP contribution in [0.3, 0.4) is 0 Å². The molecule has 12 nitrogen and oxygen atoms in total. The molecule has 0 aliphatic rings. The van der Waals surface area contributed by atoms with E-state index in [1.165, 1.54) is 38.8 Å². The number of ether oxygens (including phenoxy) is 4. The number of methoxy groups -OCH3 is 4. The van der Waals surface area contributed by atoms with Crippen LogP contribution in [0.15, 0.2) is 72.8 Å². The summed E-state index contributed by atoms with van der Waals surface area (Å²) in [5.41, 5.74) is 6.30. The summed E-state index contributed by atoms with van der Waals surface area (Å²) in [5.74, 6) is -0.0842. The molecule has 0 unspecified atom stereocenters. The van der Waals surface area contributed by atoms with Crippen molar-refractivity contribution in [1.29, 1.82) is 0 Å². The Morgan fingerprint density at radius 2 is 0.849 bits per heavy atom. The van der Waals surface area contributed by atoms with Gasteiger partial charge in [-0.2, -0.15) is 0 Å². The van der Waals surface area contributed by atoms with Gasteiger partial charge in [0, 0.05) is 80.6 Å². The zero-order valence-electron chi connectivity index (χ0n) is 33.0. The van der Waals surface area contributed by atoms with Gasteiger partial charge in [0.15, 0.2) is 0 Å². The molecule has 0 saturated carbocycles. The highest BCUT2D eigenvalue weighted by Crippen LogP contribution is 2.16. The Balaban J connectivity index is 0.000000738. The fraction of sp³-hybridized carbons (Fsp3) is 0.463. The fourth-order valence-corrected chi connectivity index (χ4v) is 4.50. The minimum Gasteiger partial charge on any atom is -0.382 e. The van der Waals surface area contributed by atoms with Crippen molar-refractivity contribution in [3.63, 3.8) is 0 Å². The summed E-state index contributed by atoms with van der Waals surface area (Å²) in [4.78, 5) is 42.9. The van der Waals surface area contributed by atoms with Gasteiger partial charge in [-0.15, -0.1) is 0 Å². The first-order valence-corrected chi connectivity index (χ1v) is 17.7. The van der Waals surface area contributed by atoms with Gasteiger partial charge in [0.1, 0.15) is 0 Å². The van der Waals surface area contributed by atoms with Crippen LogP contribution >= 0.6 is 0 Å². The Bertz CT molecular complexity index is 1310. The van der Waals surface area contributed by atoms with E-state index in [1.807, 2.05) is 66.7 Å². The average Bonchev–Trinajstić information content (AvgIpc) is 3.11. The lowest BCUT2D eigenvalue weighted by Crippen LogP contribution is -2.21.